The van der Waals surface area contributed by atoms with Crippen molar-refractivity contribution in [3.8, 4) is 5.75 Å². The Bertz CT molecular complexity index is 616. The first kappa shape index (κ1) is 14.8. The third-order valence-electron chi connectivity index (χ3n) is 3.85. The summed E-state index contributed by atoms with van der Waals surface area (Å²) in [6, 6.07) is 10.1. The summed E-state index contributed by atoms with van der Waals surface area (Å²) in [5.74, 6) is 2.66. The van der Waals surface area contributed by atoms with Gasteiger partial charge in [-0.3, -0.25) is 0 Å². The number of benzene rings is 1. The molecule has 2 heterocycles. The summed E-state index contributed by atoms with van der Waals surface area (Å²) in [5, 5.41) is 0. The highest BCUT2D eigenvalue weighted by Crippen LogP contribution is 2.18. The highest BCUT2D eigenvalue weighted by Gasteiger charge is 2.21. The standard InChI is InChI=1S/C17H21N3O2/c1-13-18-8-7-17(19-13)20-9-10-22-16(12-20)11-14-3-5-15(21-2)6-4-14/h3-8,16H,9-12H2,1-2H3. The fourth-order valence-electron chi connectivity index (χ4n) is 2.70. The topological polar surface area (TPSA) is 47.5 Å². The van der Waals surface area contributed by atoms with E-state index in [1.54, 1.807) is 7.11 Å². The maximum atomic E-state index is 5.90. The minimum absolute atomic E-state index is 0.178. The molecule has 116 valence electrons. The average Bonchev–Trinajstić information content (AvgIpc) is 2.56. The van der Waals surface area contributed by atoms with Crippen LogP contribution in [0, 0.1) is 6.92 Å². The lowest BCUT2D eigenvalue weighted by atomic mass is 10.1. The Hall–Kier alpha value is -2.14. The van der Waals surface area contributed by atoms with Crippen LogP contribution in [0.1, 0.15) is 11.4 Å². The number of aryl methyl sites for hydroxylation is 1. The lowest BCUT2D eigenvalue weighted by Crippen LogP contribution is -2.43. The lowest BCUT2D eigenvalue weighted by Gasteiger charge is -2.33. The summed E-state index contributed by atoms with van der Waals surface area (Å²) in [6.45, 7) is 4.36. The minimum atomic E-state index is 0.178. The quantitative estimate of drug-likeness (QED) is 0.866. The van der Waals surface area contributed by atoms with E-state index in [1.807, 2.05) is 31.3 Å². The highest BCUT2D eigenvalue weighted by molar-refractivity contribution is 5.38. The van der Waals surface area contributed by atoms with E-state index in [0.29, 0.717) is 0 Å². The van der Waals surface area contributed by atoms with Gasteiger partial charge in [0, 0.05) is 25.7 Å². The van der Waals surface area contributed by atoms with E-state index in [-0.39, 0.29) is 6.10 Å². The van der Waals surface area contributed by atoms with Crippen molar-refractivity contribution in [2.75, 3.05) is 31.7 Å². The van der Waals surface area contributed by atoms with E-state index in [1.165, 1.54) is 5.56 Å². The van der Waals surface area contributed by atoms with Crippen LogP contribution in [0.5, 0.6) is 5.75 Å². The van der Waals surface area contributed by atoms with Gasteiger partial charge in [-0.1, -0.05) is 12.1 Å². The predicted octanol–water partition coefficient (Wildman–Crippen LogP) is 2.24. The molecule has 0 spiro atoms. The van der Waals surface area contributed by atoms with Crippen molar-refractivity contribution in [3.05, 3.63) is 47.9 Å². The summed E-state index contributed by atoms with van der Waals surface area (Å²) in [6.07, 6.45) is 2.88. The zero-order chi connectivity index (χ0) is 15.4. The molecule has 22 heavy (non-hydrogen) atoms. The summed E-state index contributed by atoms with van der Waals surface area (Å²) >= 11 is 0. The Balaban J connectivity index is 1.65. The van der Waals surface area contributed by atoms with Crippen molar-refractivity contribution in [3.63, 3.8) is 0 Å². The molecule has 0 N–H and O–H groups in total. The van der Waals surface area contributed by atoms with E-state index >= 15 is 0 Å². The molecule has 5 heteroatoms. The molecule has 0 radical (unpaired) electrons. The lowest BCUT2D eigenvalue weighted by molar-refractivity contribution is 0.0408. The number of hydrogen-bond acceptors (Lipinski definition) is 5. The first-order valence-corrected chi connectivity index (χ1v) is 7.54. The number of aromatic nitrogens is 2. The van der Waals surface area contributed by atoms with Gasteiger partial charge >= 0.3 is 0 Å². The zero-order valence-corrected chi connectivity index (χ0v) is 13.0. The summed E-state index contributed by atoms with van der Waals surface area (Å²) < 4.78 is 11.1. The first-order valence-electron chi connectivity index (χ1n) is 7.54. The van der Waals surface area contributed by atoms with Gasteiger partial charge in [-0.05, 0) is 30.7 Å². The van der Waals surface area contributed by atoms with Crippen LogP contribution < -0.4 is 9.64 Å². The van der Waals surface area contributed by atoms with Crippen molar-refractivity contribution in [1.82, 2.24) is 9.97 Å². The van der Waals surface area contributed by atoms with E-state index < -0.39 is 0 Å². The zero-order valence-electron chi connectivity index (χ0n) is 13.0. The Kier molecular flexibility index (Phi) is 4.53. The fourth-order valence-corrected chi connectivity index (χ4v) is 2.70. The summed E-state index contributed by atoms with van der Waals surface area (Å²) in [7, 11) is 1.68. The second-order valence-corrected chi connectivity index (χ2v) is 5.45. The molecule has 2 aromatic rings. The maximum absolute atomic E-state index is 5.90. The smallest absolute Gasteiger partial charge is 0.132 e. The third kappa shape index (κ3) is 3.54. The Morgan fingerprint density at radius 2 is 2.09 bits per heavy atom. The first-order chi connectivity index (χ1) is 10.7. The molecule has 5 nitrogen and oxygen atoms in total. The van der Waals surface area contributed by atoms with Crippen molar-refractivity contribution < 1.29 is 9.47 Å². The van der Waals surface area contributed by atoms with Crippen LogP contribution in [0.2, 0.25) is 0 Å². The third-order valence-corrected chi connectivity index (χ3v) is 3.85. The van der Waals surface area contributed by atoms with Gasteiger partial charge in [0.05, 0.1) is 19.8 Å². The summed E-state index contributed by atoms with van der Waals surface area (Å²) in [5.41, 5.74) is 1.26. The second kappa shape index (κ2) is 6.75. The average molecular weight is 299 g/mol. The van der Waals surface area contributed by atoms with Crippen LogP contribution in [0.25, 0.3) is 0 Å². The van der Waals surface area contributed by atoms with Gasteiger partial charge in [0.2, 0.25) is 0 Å². The van der Waals surface area contributed by atoms with Crippen LogP contribution in [0.15, 0.2) is 36.5 Å². The van der Waals surface area contributed by atoms with Gasteiger partial charge in [0.1, 0.15) is 17.4 Å². The highest BCUT2D eigenvalue weighted by atomic mass is 16.5. The van der Waals surface area contributed by atoms with E-state index in [2.05, 4.69) is 27.0 Å². The van der Waals surface area contributed by atoms with Gasteiger partial charge in [0.15, 0.2) is 0 Å². The molecule has 1 saturated heterocycles. The Morgan fingerprint density at radius 3 is 2.82 bits per heavy atom. The maximum Gasteiger partial charge on any atom is 0.132 e. The molecule has 0 bridgehead atoms. The van der Waals surface area contributed by atoms with Crippen molar-refractivity contribution in [2.45, 2.75) is 19.4 Å². The van der Waals surface area contributed by atoms with Crippen LogP contribution in [-0.4, -0.2) is 42.9 Å². The van der Waals surface area contributed by atoms with Crippen molar-refractivity contribution >= 4 is 5.82 Å². The van der Waals surface area contributed by atoms with Gasteiger partial charge < -0.3 is 14.4 Å². The predicted molar refractivity (Wildman–Crippen MR) is 85.4 cm³/mol. The normalized spacial score (nSPS) is 18.3. The summed E-state index contributed by atoms with van der Waals surface area (Å²) in [4.78, 5) is 10.9. The van der Waals surface area contributed by atoms with Crippen LogP contribution in [0.3, 0.4) is 0 Å². The van der Waals surface area contributed by atoms with Crippen molar-refractivity contribution in [1.29, 1.82) is 0 Å². The monoisotopic (exact) mass is 299 g/mol. The molecular formula is C17H21N3O2. The number of anilines is 1. The number of ether oxygens (including phenoxy) is 2. The van der Waals surface area contributed by atoms with E-state index in [9.17, 15) is 0 Å². The van der Waals surface area contributed by atoms with Crippen LogP contribution in [-0.2, 0) is 11.2 Å². The number of methoxy groups -OCH3 is 1. The van der Waals surface area contributed by atoms with Crippen molar-refractivity contribution in [2.24, 2.45) is 0 Å². The molecule has 0 amide bonds. The van der Waals surface area contributed by atoms with Crippen LogP contribution >= 0.6 is 0 Å². The molecule has 3 rings (SSSR count). The SMILES string of the molecule is COc1ccc(CC2CN(c3ccnc(C)n3)CCO2)cc1. The fraction of sp³-hybridized carbons (Fsp3) is 0.412. The number of hydrogen-bond donors (Lipinski definition) is 0. The second-order valence-electron chi connectivity index (χ2n) is 5.45. The molecular weight excluding hydrogens is 278 g/mol. The minimum Gasteiger partial charge on any atom is -0.497 e. The number of nitrogens with zero attached hydrogens (tertiary/aromatic N) is 3. The molecule has 1 aliphatic rings. The Labute approximate surface area is 130 Å². The van der Waals surface area contributed by atoms with Gasteiger partial charge in [0.25, 0.3) is 0 Å². The molecule has 1 aliphatic heterocycles. The molecule has 1 aromatic carbocycles. The molecule has 0 saturated carbocycles. The molecule has 1 atom stereocenters. The van der Waals surface area contributed by atoms with Gasteiger partial charge in [-0.25, -0.2) is 9.97 Å². The molecule has 1 unspecified atom stereocenters. The van der Waals surface area contributed by atoms with Gasteiger partial charge in [-0.2, -0.15) is 0 Å². The van der Waals surface area contributed by atoms with Gasteiger partial charge in [-0.15, -0.1) is 0 Å². The van der Waals surface area contributed by atoms with E-state index in [4.69, 9.17) is 9.47 Å². The number of rotatable bonds is 4. The molecule has 0 aliphatic carbocycles. The molecule has 1 fully saturated rings. The molecule has 1 aromatic heterocycles. The Morgan fingerprint density at radius 1 is 1.27 bits per heavy atom. The van der Waals surface area contributed by atoms with Crippen LogP contribution in [0.4, 0.5) is 5.82 Å². The number of morpholine rings is 1. The largest absolute Gasteiger partial charge is 0.497 e. The van der Waals surface area contributed by atoms with E-state index in [0.717, 1.165) is 43.5 Å².